The van der Waals surface area contributed by atoms with Gasteiger partial charge in [0, 0.05) is 35.1 Å². The SMILES string of the molecule is C[Si](C)C.[Ir].[c-]1ccccc1-c1ccccn1.c1ccc(O[PH+](Oc2ccccc2)Oc2ccccc2)cc1. The first-order valence-electron chi connectivity index (χ1n) is 12.3. The van der Waals surface area contributed by atoms with E-state index in [1.807, 2.05) is 133 Å². The average molecular weight is 731 g/mol. The molecule has 0 N–H and O–H groups in total. The van der Waals surface area contributed by atoms with E-state index in [1.54, 1.807) is 6.20 Å². The van der Waals surface area contributed by atoms with Gasteiger partial charge in [0.2, 0.25) is 0 Å². The van der Waals surface area contributed by atoms with Crippen LogP contribution in [-0.4, -0.2) is 13.8 Å². The predicted octanol–water partition coefficient (Wildman–Crippen LogP) is 9.10. The molecule has 0 aliphatic carbocycles. The van der Waals surface area contributed by atoms with Gasteiger partial charge in [0.25, 0.3) is 0 Å². The molecule has 0 aliphatic rings. The Morgan fingerprint density at radius 3 is 1.33 bits per heavy atom. The van der Waals surface area contributed by atoms with Crippen molar-refractivity contribution in [2.45, 2.75) is 19.6 Å². The van der Waals surface area contributed by atoms with Crippen LogP contribution >= 0.6 is 8.60 Å². The maximum absolute atomic E-state index is 5.88. The molecule has 0 aliphatic heterocycles. The molecular weight excluding hydrogens is 698 g/mol. The fourth-order valence-corrected chi connectivity index (χ4v) is 4.00. The van der Waals surface area contributed by atoms with Gasteiger partial charge in [-0.05, 0) is 48.2 Å². The second-order valence-electron chi connectivity index (χ2n) is 8.49. The summed E-state index contributed by atoms with van der Waals surface area (Å²) in [6, 6.07) is 45.4. The van der Waals surface area contributed by atoms with Crippen LogP contribution in [0.15, 0.2) is 140 Å². The van der Waals surface area contributed by atoms with Gasteiger partial charge in [-0.25, -0.2) is 0 Å². The number of rotatable bonds is 7. The first kappa shape index (κ1) is 31.9. The van der Waals surface area contributed by atoms with E-state index in [4.69, 9.17) is 13.6 Å². The van der Waals surface area contributed by atoms with Crippen LogP contribution in [0, 0.1) is 6.07 Å². The monoisotopic (exact) mass is 731 g/mol. The molecule has 0 bridgehead atoms. The van der Waals surface area contributed by atoms with Gasteiger partial charge in [0.15, 0.2) is 17.2 Å². The first-order chi connectivity index (χ1) is 18.6. The minimum atomic E-state index is -2.00. The molecule has 0 unspecified atom stereocenters. The molecule has 0 saturated heterocycles. The van der Waals surface area contributed by atoms with Crippen molar-refractivity contribution in [3.63, 3.8) is 0 Å². The summed E-state index contributed by atoms with van der Waals surface area (Å²) >= 11 is 0. The molecule has 1 heterocycles. The Hall–Kier alpha value is -3.27. The van der Waals surface area contributed by atoms with Crippen LogP contribution in [0.1, 0.15) is 0 Å². The molecule has 0 saturated carbocycles. The van der Waals surface area contributed by atoms with Crippen LogP contribution in [0.3, 0.4) is 0 Å². The van der Waals surface area contributed by atoms with E-state index < -0.39 is 8.60 Å². The van der Waals surface area contributed by atoms with Gasteiger partial charge in [-0.3, -0.25) is 13.6 Å². The van der Waals surface area contributed by atoms with Gasteiger partial charge in [0.1, 0.15) is 0 Å². The predicted molar refractivity (Wildman–Crippen MR) is 161 cm³/mol. The van der Waals surface area contributed by atoms with Gasteiger partial charge in [-0.2, -0.15) is 0 Å². The Balaban J connectivity index is 0.000000264. The largest absolute Gasteiger partial charge is 0.528 e. The summed E-state index contributed by atoms with van der Waals surface area (Å²) in [7, 11) is -1.88. The van der Waals surface area contributed by atoms with Crippen LogP contribution < -0.4 is 13.6 Å². The fourth-order valence-electron chi connectivity index (χ4n) is 2.89. The number of hydrogen-bond donors (Lipinski definition) is 0. The quantitative estimate of drug-likeness (QED) is 0.0953. The molecule has 0 fully saturated rings. The van der Waals surface area contributed by atoms with Crippen LogP contribution in [-0.2, 0) is 20.1 Å². The normalized spacial score (nSPS) is 9.67. The summed E-state index contributed by atoms with van der Waals surface area (Å²) < 4.78 is 17.6. The van der Waals surface area contributed by atoms with E-state index >= 15 is 0 Å². The molecule has 4 nitrogen and oxygen atoms in total. The minimum absolute atomic E-state index is 0. The Bertz CT molecular complexity index is 1130. The molecule has 0 atom stereocenters. The molecule has 7 heteroatoms. The third kappa shape index (κ3) is 13.4. The van der Waals surface area contributed by atoms with Gasteiger partial charge in [0.05, 0.1) is 0 Å². The zero-order chi connectivity index (χ0) is 26.8. The van der Waals surface area contributed by atoms with Crippen molar-refractivity contribution < 1.29 is 33.7 Å². The van der Waals surface area contributed by atoms with E-state index in [0.717, 1.165) is 28.5 Å². The van der Waals surface area contributed by atoms with Gasteiger partial charge in [-0.1, -0.05) is 86.4 Å². The molecule has 0 spiro atoms. The first-order valence-corrected chi connectivity index (χ1v) is 16.5. The van der Waals surface area contributed by atoms with Crippen molar-refractivity contribution in [1.29, 1.82) is 0 Å². The number of nitrogens with zero attached hydrogens (tertiary/aromatic N) is 1. The second-order valence-corrected chi connectivity index (χ2v) is 12.6. The molecule has 4 aromatic carbocycles. The van der Waals surface area contributed by atoms with Crippen molar-refractivity contribution in [2.75, 3.05) is 0 Å². The van der Waals surface area contributed by atoms with Gasteiger partial charge in [-0.15, -0.1) is 35.9 Å². The van der Waals surface area contributed by atoms with E-state index in [1.165, 1.54) is 0 Å². The van der Waals surface area contributed by atoms with E-state index in [0.29, 0.717) is 0 Å². The molecule has 202 valence electrons. The summed E-state index contributed by atoms with van der Waals surface area (Å²) in [5, 5.41) is 0. The van der Waals surface area contributed by atoms with Gasteiger partial charge >= 0.3 is 8.60 Å². The number of aromatic nitrogens is 1. The summed E-state index contributed by atoms with van der Waals surface area (Å²) in [5.74, 6) is 2.18. The Kier molecular flexibility index (Phi) is 15.5. The standard InChI is InChI=1S/C18H16O3P.C11H8N.C3H9Si.Ir/c1-4-10-16(11-5-1)19-22(20-17-12-6-2-7-13-17)21-18-14-8-3-9-15-18;1-2-6-10(7-3-1)11-8-4-5-9-12-11;1-4(2)3;/h1-15,22H;1-6,8-9H;1-3H3;/q+1;-1;;. The third-order valence-corrected chi connectivity index (χ3v) is 5.69. The van der Waals surface area contributed by atoms with Crippen molar-refractivity contribution in [2.24, 2.45) is 0 Å². The zero-order valence-corrected chi connectivity index (χ0v) is 26.7. The van der Waals surface area contributed by atoms with Crippen molar-refractivity contribution in [3.05, 3.63) is 146 Å². The van der Waals surface area contributed by atoms with E-state index in [-0.39, 0.29) is 28.9 Å². The Morgan fingerprint density at radius 1 is 0.564 bits per heavy atom. The van der Waals surface area contributed by atoms with E-state index in [9.17, 15) is 0 Å². The number of hydrogen-bond acceptors (Lipinski definition) is 4. The molecular formula is C32H33IrNO3PSi. The van der Waals surface area contributed by atoms with Crippen molar-refractivity contribution in [3.8, 4) is 28.5 Å². The molecule has 39 heavy (non-hydrogen) atoms. The number of benzene rings is 4. The van der Waals surface area contributed by atoms with Crippen LogP contribution in [0.5, 0.6) is 17.2 Å². The summed E-state index contributed by atoms with van der Waals surface area (Å²) in [5.41, 5.74) is 2.01. The molecule has 1 aromatic heterocycles. The minimum Gasteiger partial charge on any atom is -0.305 e. The van der Waals surface area contributed by atoms with Crippen molar-refractivity contribution >= 4 is 17.4 Å². The topological polar surface area (TPSA) is 40.6 Å². The summed E-state index contributed by atoms with van der Waals surface area (Å²) in [6.45, 7) is 6.81. The van der Waals surface area contributed by atoms with E-state index in [2.05, 4.69) is 30.7 Å². The van der Waals surface area contributed by atoms with Crippen LogP contribution in [0.4, 0.5) is 0 Å². The molecule has 2 radical (unpaired) electrons. The molecule has 5 rings (SSSR count). The summed E-state index contributed by atoms with van der Waals surface area (Å²) in [4.78, 5) is 4.22. The van der Waals surface area contributed by atoms with Crippen molar-refractivity contribution in [1.82, 2.24) is 4.98 Å². The fraction of sp³-hybridized carbons (Fsp3) is 0.0938. The number of pyridine rings is 1. The maximum Gasteiger partial charge on any atom is 0.528 e. The smallest absolute Gasteiger partial charge is 0.305 e. The number of para-hydroxylation sites is 3. The zero-order valence-electron chi connectivity index (χ0n) is 22.3. The average Bonchev–Trinajstić information content (AvgIpc) is 2.96. The molecule has 0 amide bonds. The Labute approximate surface area is 249 Å². The van der Waals surface area contributed by atoms with Crippen LogP contribution in [0.2, 0.25) is 19.6 Å². The second kappa shape index (κ2) is 18.9. The Morgan fingerprint density at radius 2 is 0.974 bits per heavy atom. The summed E-state index contributed by atoms with van der Waals surface area (Å²) in [6.07, 6.45) is 1.79. The third-order valence-electron chi connectivity index (χ3n) is 4.48. The molecule has 5 aromatic rings. The maximum atomic E-state index is 5.88. The van der Waals surface area contributed by atoms with Crippen LogP contribution in [0.25, 0.3) is 11.3 Å². The van der Waals surface area contributed by atoms with Gasteiger partial charge < -0.3 is 4.98 Å².